The van der Waals surface area contributed by atoms with Crippen LogP contribution in [-0.2, 0) is 4.74 Å². The summed E-state index contributed by atoms with van der Waals surface area (Å²) in [6, 6.07) is 0. The molecule has 1 N–H and O–H groups in total. The van der Waals surface area contributed by atoms with E-state index in [4.69, 9.17) is 4.74 Å². The molecule has 4 nitrogen and oxygen atoms in total. The molecule has 16 heavy (non-hydrogen) atoms. The maximum Gasteiger partial charge on any atom is 0.144 e. The van der Waals surface area contributed by atoms with Gasteiger partial charge >= 0.3 is 0 Å². The van der Waals surface area contributed by atoms with E-state index in [9.17, 15) is 0 Å². The molecule has 1 aliphatic rings. The fourth-order valence-electron chi connectivity index (χ4n) is 1.87. The molecular formula is C11H16BrN3O. The molecule has 0 amide bonds. The summed E-state index contributed by atoms with van der Waals surface area (Å²) in [6.45, 7) is 3.59. The lowest BCUT2D eigenvalue weighted by atomic mass is 10.0. The van der Waals surface area contributed by atoms with Gasteiger partial charge in [0.2, 0.25) is 0 Å². The summed E-state index contributed by atoms with van der Waals surface area (Å²) in [5.41, 5.74) is 0.972. The predicted molar refractivity (Wildman–Crippen MR) is 66.8 cm³/mol. The molecule has 1 unspecified atom stereocenters. The van der Waals surface area contributed by atoms with E-state index < -0.39 is 0 Å². The van der Waals surface area contributed by atoms with Crippen LogP contribution in [-0.4, -0.2) is 30.2 Å². The number of hydrogen-bond acceptors (Lipinski definition) is 4. The topological polar surface area (TPSA) is 47.0 Å². The zero-order chi connectivity index (χ0) is 11.5. The molecule has 88 valence electrons. The minimum absolute atomic E-state index is 0.340. The van der Waals surface area contributed by atoms with Gasteiger partial charge in [-0.1, -0.05) is 0 Å². The molecule has 0 aromatic carbocycles. The molecule has 0 aliphatic carbocycles. The maximum atomic E-state index is 5.47. The van der Waals surface area contributed by atoms with Gasteiger partial charge in [0, 0.05) is 19.6 Å². The van der Waals surface area contributed by atoms with Crippen molar-refractivity contribution in [1.29, 1.82) is 0 Å². The van der Waals surface area contributed by atoms with Crippen LogP contribution >= 0.6 is 15.9 Å². The molecule has 0 bridgehead atoms. The van der Waals surface area contributed by atoms with Crippen molar-refractivity contribution in [1.82, 2.24) is 9.97 Å². The second-order valence-corrected chi connectivity index (χ2v) is 4.79. The summed E-state index contributed by atoms with van der Waals surface area (Å²) >= 11 is 3.48. The zero-order valence-corrected chi connectivity index (χ0v) is 11.2. The molecule has 5 heteroatoms. The van der Waals surface area contributed by atoms with E-state index in [-0.39, 0.29) is 0 Å². The fourth-order valence-corrected chi connectivity index (χ4v) is 2.25. The Morgan fingerprint density at radius 2 is 2.25 bits per heavy atom. The number of halogens is 1. The van der Waals surface area contributed by atoms with Crippen molar-refractivity contribution < 1.29 is 4.74 Å². The van der Waals surface area contributed by atoms with Crippen LogP contribution in [0.15, 0.2) is 4.47 Å². The summed E-state index contributed by atoms with van der Waals surface area (Å²) < 4.78 is 6.41. The average Bonchev–Trinajstić information content (AvgIpc) is 2.33. The lowest BCUT2D eigenvalue weighted by molar-refractivity contribution is 0.0780. The first kappa shape index (κ1) is 11.8. The normalized spacial score (nSPS) is 20.8. The number of nitrogens with zero attached hydrogens (tertiary/aromatic N) is 2. The van der Waals surface area contributed by atoms with Gasteiger partial charge in [-0.3, -0.25) is 0 Å². The van der Waals surface area contributed by atoms with Crippen LogP contribution in [0.2, 0.25) is 0 Å². The molecule has 1 aromatic heterocycles. The molecule has 1 fully saturated rings. The molecule has 2 rings (SSSR count). The molecule has 1 saturated heterocycles. The Kier molecular flexibility index (Phi) is 3.76. The van der Waals surface area contributed by atoms with Crippen molar-refractivity contribution in [2.75, 3.05) is 25.6 Å². The van der Waals surface area contributed by atoms with Crippen molar-refractivity contribution in [2.45, 2.75) is 25.7 Å². The second kappa shape index (κ2) is 5.10. The average molecular weight is 286 g/mol. The summed E-state index contributed by atoms with van der Waals surface area (Å²) in [7, 11) is 1.87. The van der Waals surface area contributed by atoms with Gasteiger partial charge in [0.25, 0.3) is 0 Å². The minimum atomic E-state index is 0.340. The Morgan fingerprint density at radius 3 is 2.88 bits per heavy atom. The van der Waals surface area contributed by atoms with Crippen molar-refractivity contribution >= 4 is 21.7 Å². The second-order valence-electron chi connectivity index (χ2n) is 3.99. The van der Waals surface area contributed by atoms with Crippen LogP contribution in [0.5, 0.6) is 0 Å². The smallest absolute Gasteiger partial charge is 0.144 e. The summed E-state index contributed by atoms with van der Waals surface area (Å²) in [5, 5.41) is 3.08. The number of anilines is 1. The van der Waals surface area contributed by atoms with E-state index in [0.717, 1.165) is 47.9 Å². The number of hydrogen-bond donors (Lipinski definition) is 1. The zero-order valence-electron chi connectivity index (χ0n) is 9.59. The molecule has 0 radical (unpaired) electrons. The standard InChI is InChI=1S/C11H16BrN3O/c1-7-9(12)11(13-2)15-10(14-7)8-4-3-5-16-6-8/h8H,3-6H2,1-2H3,(H,13,14,15). The Labute approximate surface area is 104 Å². The van der Waals surface area contributed by atoms with Crippen molar-refractivity contribution in [3.05, 3.63) is 16.0 Å². The number of ether oxygens (including phenoxy) is 1. The third-order valence-electron chi connectivity index (χ3n) is 2.80. The highest BCUT2D eigenvalue weighted by atomic mass is 79.9. The van der Waals surface area contributed by atoms with Crippen molar-refractivity contribution in [3.8, 4) is 0 Å². The number of aryl methyl sites for hydroxylation is 1. The number of rotatable bonds is 2. The third kappa shape index (κ3) is 2.35. The molecule has 1 atom stereocenters. The molecule has 2 heterocycles. The fraction of sp³-hybridized carbons (Fsp3) is 0.636. The SMILES string of the molecule is CNc1nc(C2CCCOC2)nc(C)c1Br. The highest BCUT2D eigenvalue weighted by molar-refractivity contribution is 9.10. The predicted octanol–water partition coefficient (Wildman–Crippen LogP) is 2.48. The van der Waals surface area contributed by atoms with Gasteiger partial charge in [-0.05, 0) is 35.7 Å². The highest BCUT2D eigenvalue weighted by Crippen LogP contribution is 2.28. The molecular weight excluding hydrogens is 270 g/mol. The van der Waals surface area contributed by atoms with Crippen LogP contribution in [0, 0.1) is 6.92 Å². The van der Waals surface area contributed by atoms with Crippen LogP contribution < -0.4 is 5.32 Å². The van der Waals surface area contributed by atoms with E-state index in [0.29, 0.717) is 5.92 Å². The van der Waals surface area contributed by atoms with Crippen LogP contribution in [0.25, 0.3) is 0 Å². The largest absolute Gasteiger partial charge is 0.381 e. The van der Waals surface area contributed by atoms with Gasteiger partial charge in [-0.25, -0.2) is 9.97 Å². The summed E-state index contributed by atoms with van der Waals surface area (Å²) in [6.07, 6.45) is 2.21. The van der Waals surface area contributed by atoms with Gasteiger partial charge in [-0.2, -0.15) is 0 Å². The lowest BCUT2D eigenvalue weighted by Gasteiger charge is -2.21. The van der Waals surface area contributed by atoms with Crippen LogP contribution in [0.3, 0.4) is 0 Å². The summed E-state index contributed by atoms with van der Waals surface area (Å²) in [5.74, 6) is 2.09. The van der Waals surface area contributed by atoms with E-state index in [1.807, 2.05) is 14.0 Å². The van der Waals surface area contributed by atoms with Gasteiger partial charge in [0.15, 0.2) is 0 Å². The molecule has 1 aliphatic heterocycles. The quantitative estimate of drug-likeness (QED) is 0.907. The van der Waals surface area contributed by atoms with Crippen LogP contribution in [0.4, 0.5) is 5.82 Å². The molecule has 1 aromatic rings. The van der Waals surface area contributed by atoms with Gasteiger partial charge < -0.3 is 10.1 Å². The Hall–Kier alpha value is -0.680. The Morgan fingerprint density at radius 1 is 1.44 bits per heavy atom. The summed E-state index contributed by atoms with van der Waals surface area (Å²) in [4.78, 5) is 9.05. The van der Waals surface area contributed by atoms with E-state index >= 15 is 0 Å². The lowest BCUT2D eigenvalue weighted by Crippen LogP contribution is -2.18. The monoisotopic (exact) mass is 285 g/mol. The van der Waals surface area contributed by atoms with Gasteiger partial charge in [0.05, 0.1) is 16.8 Å². The first-order valence-corrected chi connectivity index (χ1v) is 6.31. The van der Waals surface area contributed by atoms with Gasteiger partial charge in [-0.15, -0.1) is 0 Å². The first-order chi connectivity index (χ1) is 7.72. The molecule has 0 spiro atoms. The highest BCUT2D eigenvalue weighted by Gasteiger charge is 2.20. The first-order valence-electron chi connectivity index (χ1n) is 5.52. The van der Waals surface area contributed by atoms with E-state index in [2.05, 4.69) is 31.2 Å². The maximum absolute atomic E-state index is 5.47. The Balaban J connectivity index is 2.29. The van der Waals surface area contributed by atoms with Crippen LogP contribution in [0.1, 0.15) is 30.3 Å². The molecule has 0 saturated carbocycles. The van der Waals surface area contributed by atoms with E-state index in [1.54, 1.807) is 0 Å². The van der Waals surface area contributed by atoms with Gasteiger partial charge in [0.1, 0.15) is 11.6 Å². The van der Waals surface area contributed by atoms with Crippen molar-refractivity contribution in [3.63, 3.8) is 0 Å². The van der Waals surface area contributed by atoms with E-state index in [1.165, 1.54) is 0 Å². The number of nitrogens with one attached hydrogen (secondary N) is 1. The third-order valence-corrected chi connectivity index (χ3v) is 3.75. The Bertz CT molecular complexity index is 378. The van der Waals surface area contributed by atoms with Crippen molar-refractivity contribution in [2.24, 2.45) is 0 Å². The minimum Gasteiger partial charge on any atom is -0.381 e. The number of aromatic nitrogens is 2.